The number of carbonyl (C=O) groups excluding carboxylic acids is 1. The second kappa shape index (κ2) is 8.46. The fraction of sp³-hybridized carbons (Fsp3) is 0.360. The fourth-order valence-corrected chi connectivity index (χ4v) is 4.58. The molecule has 180 valence electrons. The maximum Gasteiger partial charge on any atom is 0.259 e. The molecule has 0 radical (unpaired) electrons. The summed E-state index contributed by atoms with van der Waals surface area (Å²) in [4.78, 5) is 19.9. The first kappa shape index (κ1) is 21.7. The van der Waals surface area contributed by atoms with Crippen LogP contribution in [0.1, 0.15) is 40.6 Å². The number of carbonyl (C=O) groups is 1. The molecule has 2 fully saturated rings. The van der Waals surface area contributed by atoms with Crippen molar-refractivity contribution in [1.29, 1.82) is 0 Å². The Hall–Kier alpha value is -3.79. The summed E-state index contributed by atoms with van der Waals surface area (Å²) in [6, 6.07) is 10.1. The van der Waals surface area contributed by atoms with E-state index in [4.69, 9.17) is 4.52 Å². The lowest BCUT2D eigenvalue weighted by Gasteiger charge is -2.19. The van der Waals surface area contributed by atoms with Gasteiger partial charge in [-0.25, -0.2) is 8.91 Å². The summed E-state index contributed by atoms with van der Waals surface area (Å²) < 4.78 is 20.3. The summed E-state index contributed by atoms with van der Waals surface area (Å²) in [6.45, 7) is 3.81. The number of amides is 1. The minimum atomic E-state index is -0.905. The van der Waals surface area contributed by atoms with Crippen molar-refractivity contribution < 1.29 is 13.7 Å². The molecule has 6 rings (SSSR count). The van der Waals surface area contributed by atoms with Gasteiger partial charge < -0.3 is 20.1 Å². The number of anilines is 2. The van der Waals surface area contributed by atoms with Gasteiger partial charge in [0.15, 0.2) is 0 Å². The third-order valence-electron chi connectivity index (χ3n) is 6.93. The molecule has 4 aromatic rings. The number of alkyl halides is 1. The summed E-state index contributed by atoms with van der Waals surface area (Å²) in [5.41, 5.74) is 4.53. The first-order valence-electron chi connectivity index (χ1n) is 11.8. The minimum absolute atomic E-state index is 0.251. The maximum absolute atomic E-state index is 13.3. The molecule has 1 aromatic carbocycles. The Morgan fingerprint density at radius 3 is 2.89 bits per heavy atom. The van der Waals surface area contributed by atoms with Gasteiger partial charge in [-0.3, -0.25) is 4.79 Å². The zero-order valence-electron chi connectivity index (χ0n) is 19.5. The largest absolute Gasteiger partial charge is 0.370 e. The van der Waals surface area contributed by atoms with E-state index in [-0.39, 0.29) is 11.8 Å². The van der Waals surface area contributed by atoms with E-state index in [0.717, 1.165) is 36.3 Å². The number of hydrogen-bond acceptors (Lipinski definition) is 7. The Morgan fingerprint density at radius 1 is 1.26 bits per heavy atom. The SMILES string of the molecule is CN[C@H]1CCN(c2ccn3ncc(C(=O)Nc4cc(-c5noc([C@H]6C[C@@H]6F)n5)ccc4C)c3c2)C1. The van der Waals surface area contributed by atoms with Crippen LogP contribution < -0.4 is 15.5 Å². The molecule has 0 spiro atoms. The molecule has 0 bridgehead atoms. The van der Waals surface area contributed by atoms with Gasteiger partial charge in [-0.2, -0.15) is 10.1 Å². The summed E-state index contributed by atoms with van der Waals surface area (Å²) in [5.74, 6) is 0.144. The molecule has 9 nitrogen and oxygen atoms in total. The maximum atomic E-state index is 13.3. The normalized spacial score (nSPS) is 21.6. The van der Waals surface area contributed by atoms with Crippen LogP contribution in [-0.2, 0) is 0 Å². The van der Waals surface area contributed by atoms with Crippen molar-refractivity contribution in [3.63, 3.8) is 0 Å². The van der Waals surface area contributed by atoms with Crippen molar-refractivity contribution in [1.82, 2.24) is 25.1 Å². The highest BCUT2D eigenvalue weighted by Gasteiger charge is 2.43. The molecule has 0 unspecified atom stereocenters. The quantitative estimate of drug-likeness (QED) is 0.440. The van der Waals surface area contributed by atoms with Gasteiger partial charge >= 0.3 is 0 Å². The van der Waals surface area contributed by atoms with Crippen LogP contribution in [0, 0.1) is 6.92 Å². The van der Waals surface area contributed by atoms with Gasteiger partial charge in [0.1, 0.15) is 6.17 Å². The number of nitrogens with one attached hydrogen (secondary N) is 2. The fourth-order valence-electron chi connectivity index (χ4n) is 4.58. The van der Waals surface area contributed by atoms with Crippen molar-refractivity contribution in [3.05, 3.63) is 59.7 Å². The van der Waals surface area contributed by atoms with Gasteiger partial charge in [-0.05, 0) is 50.6 Å². The number of halogens is 1. The first-order valence-corrected chi connectivity index (χ1v) is 11.8. The average molecular weight is 476 g/mol. The van der Waals surface area contributed by atoms with Crippen LogP contribution >= 0.6 is 0 Å². The van der Waals surface area contributed by atoms with Gasteiger partial charge in [0.25, 0.3) is 5.91 Å². The Bertz CT molecular complexity index is 1410. The number of hydrogen-bond donors (Lipinski definition) is 2. The molecule has 3 aromatic heterocycles. The summed E-state index contributed by atoms with van der Waals surface area (Å²) in [5, 5.41) is 14.7. The molecule has 1 amide bonds. The van der Waals surface area contributed by atoms with Gasteiger partial charge in [0.2, 0.25) is 11.7 Å². The summed E-state index contributed by atoms with van der Waals surface area (Å²) >= 11 is 0. The lowest BCUT2D eigenvalue weighted by Crippen LogP contribution is -2.29. The van der Waals surface area contributed by atoms with Crippen molar-refractivity contribution in [3.8, 4) is 11.4 Å². The Kier molecular flexibility index (Phi) is 5.25. The molecule has 1 saturated carbocycles. The highest BCUT2D eigenvalue weighted by atomic mass is 19.1. The van der Waals surface area contributed by atoms with E-state index < -0.39 is 6.17 Å². The molecule has 2 N–H and O–H groups in total. The van der Waals surface area contributed by atoms with E-state index in [1.165, 1.54) is 0 Å². The number of aryl methyl sites for hydroxylation is 1. The van der Waals surface area contributed by atoms with Crippen LogP contribution in [-0.4, -0.2) is 58.0 Å². The number of benzene rings is 1. The molecule has 1 saturated heterocycles. The summed E-state index contributed by atoms with van der Waals surface area (Å²) in [6.07, 6.45) is 4.07. The van der Waals surface area contributed by atoms with Crippen molar-refractivity contribution in [2.24, 2.45) is 0 Å². The molecule has 1 aliphatic heterocycles. The molecular weight excluding hydrogens is 449 g/mol. The van der Waals surface area contributed by atoms with E-state index in [1.807, 2.05) is 44.4 Å². The van der Waals surface area contributed by atoms with E-state index in [1.54, 1.807) is 16.8 Å². The predicted molar refractivity (Wildman–Crippen MR) is 130 cm³/mol. The van der Waals surface area contributed by atoms with Crippen molar-refractivity contribution in [2.75, 3.05) is 30.4 Å². The van der Waals surface area contributed by atoms with Gasteiger partial charge in [-0.15, -0.1) is 0 Å². The van der Waals surface area contributed by atoms with Gasteiger partial charge in [0.05, 0.1) is 23.2 Å². The highest BCUT2D eigenvalue weighted by molar-refractivity contribution is 6.09. The highest BCUT2D eigenvalue weighted by Crippen LogP contribution is 2.43. The number of pyridine rings is 1. The third kappa shape index (κ3) is 4.03. The van der Waals surface area contributed by atoms with Crippen LogP contribution in [0.15, 0.2) is 47.2 Å². The second-order valence-electron chi connectivity index (χ2n) is 9.29. The average Bonchev–Trinajstić information content (AvgIpc) is 3.31. The molecule has 10 heteroatoms. The Morgan fingerprint density at radius 2 is 2.11 bits per heavy atom. The smallest absolute Gasteiger partial charge is 0.259 e. The molecule has 2 aliphatic rings. The second-order valence-corrected chi connectivity index (χ2v) is 9.29. The number of fused-ring (bicyclic) bond motifs is 1. The standard InChI is InChI=1S/C25H26FN7O2/c1-14-3-4-15(23-30-25(35-31-23)18-11-20(18)26)9-21(14)29-24(34)19-12-28-33-8-6-17(10-22(19)33)32-7-5-16(13-32)27-2/h3-4,6,8-10,12,16,18,20,27H,5,7,11,13H2,1-2H3,(H,29,34)/t16-,18-,20-/m0/s1. The number of rotatable bonds is 6. The monoisotopic (exact) mass is 475 g/mol. The molecule has 35 heavy (non-hydrogen) atoms. The van der Waals surface area contributed by atoms with E-state index in [9.17, 15) is 9.18 Å². The van der Waals surface area contributed by atoms with E-state index in [2.05, 4.69) is 30.8 Å². The Labute approximate surface area is 201 Å². The van der Waals surface area contributed by atoms with Crippen LogP contribution in [0.2, 0.25) is 0 Å². The van der Waals surface area contributed by atoms with Crippen molar-refractivity contribution >= 4 is 22.8 Å². The first-order chi connectivity index (χ1) is 17.0. The van der Waals surface area contributed by atoms with Gasteiger partial charge in [0, 0.05) is 42.3 Å². The minimum Gasteiger partial charge on any atom is -0.370 e. The molecule has 1 aliphatic carbocycles. The third-order valence-corrected chi connectivity index (χ3v) is 6.93. The van der Waals surface area contributed by atoms with E-state index in [0.29, 0.717) is 41.0 Å². The zero-order chi connectivity index (χ0) is 24.1. The summed E-state index contributed by atoms with van der Waals surface area (Å²) in [7, 11) is 1.98. The van der Waals surface area contributed by atoms with Crippen LogP contribution in [0.4, 0.5) is 15.8 Å². The number of aromatic nitrogens is 4. The molecule has 3 atom stereocenters. The lowest BCUT2D eigenvalue weighted by molar-refractivity contribution is 0.102. The van der Waals surface area contributed by atoms with E-state index >= 15 is 0 Å². The zero-order valence-corrected chi connectivity index (χ0v) is 19.5. The number of nitrogens with zero attached hydrogens (tertiary/aromatic N) is 5. The van der Waals surface area contributed by atoms with Crippen molar-refractivity contribution in [2.45, 2.75) is 37.9 Å². The topological polar surface area (TPSA) is 101 Å². The van der Waals surface area contributed by atoms with Crippen LogP contribution in [0.3, 0.4) is 0 Å². The Balaban J connectivity index is 1.25. The predicted octanol–water partition coefficient (Wildman–Crippen LogP) is 3.57. The van der Waals surface area contributed by atoms with Gasteiger partial charge in [-0.1, -0.05) is 17.3 Å². The van der Waals surface area contributed by atoms with Crippen LogP contribution in [0.25, 0.3) is 16.9 Å². The van der Waals surface area contributed by atoms with Crippen LogP contribution in [0.5, 0.6) is 0 Å². The lowest BCUT2D eigenvalue weighted by atomic mass is 10.1. The molecule has 4 heterocycles. The number of likely N-dealkylation sites (N-methyl/N-ethyl adjacent to an activating group) is 1. The molecular formula is C25H26FN7O2.